The van der Waals surface area contributed by atoms with Crippen molar-refractivity contribution < 1.29 is 23.1 Å². The molecule has 11 heteroatoms. The van der Waals surface area contributed by atoms with E-state index in [2.05, 4.69) is 4.98 Å². The van der Waals surface area contributed by atoms with E-state index in [0.717, 1.165) is 44.8 Å². The fourth-order valence-electron chi connectivity index (χ4n) is 5.58. The molecule has 0 saturated carbocycles. The molecule has 1 aliphatic rings. The van der Waals surface area contributed by atoms with Crippen molar-refractivity contribution in [2.24, 2.45) is 5.92 Å². The standard InChI is InChI=1S/C29H40N4O6S/c1-4-8-22-24(19-35)33(6-3)27-26(22)30-28(31-29(27)36)23-18-21(10-11-25(23)39-17-5-2)40(37,38)32-14-12-20(13-15-32)9-7-16-34/h10-11,18-20,34H,4-9,12-17H2,1-3H3,(H,30,31,36). The molecule has 4 rings (SSSR count). The number of rotatable bonds is 13. The van der Waals surface area contributed by atoms with Gasteiger partial charge in [-0.05, 0) is 69.6 Å². The van der Waals surface area contributed by atoms with Crippen LogP contribution in [-0.2, 0) is 23.0 Å². The molecule has 1 fully saturated rings. The molecular formula is C29H40N4O6S. The minimum Gasteiger partial charge on any atom is -0.493 e. The van der Waals surface area contributed by atoms with Gasteiger partial charge < -0.3 is 19.4 Å². The van der Waals surface area contributed by atoms with Crippen LogP contribution in [0.15, 0.2) is 27.9 Å². The number of aliphatic hydroxyl groups is 1. The quantitative estimate of drug-likeness (QED) is 0.294. The fourth-order valence-corrected chi connectivity index (χ4v) is 7.08. The highest BCUT2D eigenvalue weighted by atomic mass is 32.2. The van der Waals surface area contributed by atoms with Crippen LogP contribution in [0.1, 0.15) is 75.3 Å². The molecule has 40 heavy (non-hydrogen) atoms. The van der Waals surface area contributed by atoms with Crippen molar-refractivity contribution in [1.82, 2.24) is 18.8 Å². The van der Waals surface area contributed by atoms with Gasteiger partial charge in [0.2, 0.25) is 10.0 Å². The molecule has 10 nitrogen and oxygen atoms in total. The van der Waals surface area contributed by atoms with Crippen molar-refractivity contribution in [2.45, 2.75) is 77.2 Å². The zero-order valence-electron chi connectivity index (χ0n) is 23.6. The Labute approximate surface area is 235 Å². The van der Waals surface area contributed by atoms with Crippen molar-refractivity contribution in [2.75, 3.05) is 26.3 Å². The second-order valence-corrected chi connectivity index (χ2v) is 12.2. The van der Waals surface area contributed by atoms with Gasteiger partial charge >= 0.3 is 0 Å². The van der Waals surface area contributed by atoms with Gasteiger partial charge in [0.25, 0.3) is 5.56 Å². The minimum atomic E-state index is -3.80. The lowest BCUT2D eigenvalue weighted by molar-refractivity contribution is 0.111. The Kier molecular flexibility index (Phi) is 9.81. The van der Waals surface area contributed by atoms with Crippen LogP contribution < -0.4 is 10.3 Å². The Morgan fingerprint density at radius 3 is 2.55 bits per heavy atom. The van der Waals surface area contributed by atoms with E-state index in [1.54, 1.807) is 16.7 Å². The van der Waals surface area contributed by atoms with Gasteiger partial charge in [0, 0.05) is 31.8 Å². The molecule has 0 amide bonds. The summed E-state index contributed by atoms with van der Waals surface area (Å²) in [6, 6.07) is 4.69. The van der Waals surface area contributed by atoms with Crippen LogP contribution in [0.2, 0.25) is 0 Å². The molecule has 0 unspecified atom stereocenters. The van der Waals surface area contributed by atoms with Crippen molar-refractivity contribution in [3.8, 4) is 17.1 Å². The second-order valence-electron chi connectivity index (χ2n) is 10.3. The van der Waals surface area contributed by atoms with Crippen molar-refractivity contribution in [3.63, 3.8) is 0 Å². The highest BCUT2D eigenvalue weighted by Gasteiger charge is 2.30. The fraction of sp³-hybridized carbons (Fsp3) is 0.552. The highest BCUT2D eigenvalue weighted by Crippen LogP contribution is 2.34. The molecule has 0 spiro atoms. The number of aromatic amines is 1. The molecule has 3 aromatic rings. The molecule has 0 radical (unpaired) electrons. The van der Waals surface area contributed by atoms with Gasteiger partial charge in [-0.3, -0.25) is 9.59 Å². The van der Waals surface area contributed by atoms with Crippen LogP contribution in [0.25, 0.3) is 22.4 Å². The van der Waals surface area contributed by atoms with E-state index in [1.165, 1.54) is 10.4 Å². The molecule has 1 saturated heterocycles. The number of sulfonamides is 1. The van der Waals surface area contributed by atoms with Crippen LogP contribution >= 0.6 is 0 Å². The van der Waals surface area contributed by atoms with Gasteiger partial charge in [0.1, 0.15) is 22.6 Å². The number of carbonyl (C=O) groups is 1. The average Bonchev–Trinajstić information content (AvgIpc) is 3.28. The molecule has 0 aliphatic carbocycles. The number of fused-ring (bicyclic) bond motifs is 1. The molecule has 3 heterocycles. The normalized spacial score (nSPS) is 15.1. The summed E-state index contributed by atoms with van der Waals surface area (Å²) in [7, 11) is -3.80. The molecule has 0 bridgehead atoms. The number of hydrogen-bond acceptors (Lipinski definition) is 7. The zero-order valence-corrected chi connectivity index (χ0v) is 24.4. The van der Waals surface area contributed by atoms with Gasteiger partial charge in [0.05, 0.1) is 22.8 Å². The third kappa shape index (κ3) is 5.87. The maximum absolute atomic E-state index is 13.7. The number of ether oxygens (including phenoxy) is 1. The number of nitrogens with zero attached hydrogens (tertiary/aromatic N) is 3. The van der Waals surface area contributed by atoms with E-state index >= 15 is 0 Å². The zero-order chi connectivity index (χ0) is 28.9. The summed E-state index contributed by atoms with van der Waals surface area (Å²) in [5.74, 6) is 1.03. The lowest BCUT2D eigenvalue weighted by atomic mass is 9.93. The van der Waals surface area contributed by atoms with Gasteiger partial charge in [0.15, 0.2) is 6.29 Å². The number of aldehydes is 1. The van der Waals surface area contributed by atoms with Crippen LogP contribution in [0.4, 0.5) is 0 Å². The first-order valence-electron chi connectivity index (χ1n) is 14.3. The average molecular weight is 573 g/mol. The number of aryl methyl sites for hydroxylation is 2. The lowest BCUT2D eigenvalue weighted by Crippen LogP contribution is -2.38. The number of carbonyl (C=O) groups excluding carboxylic acids is 1. The Hall–Kier alpha value is -3.02. The summed E-state index contributed by atoms with van der Waals surface area (Å²) in [4.78, 5) is 33.1. The monoisotopic (exact) mass is 572 g/mol. The van der Waals surface area contributed by atoms with Crippen LogP contribution in [-0.4, -0.2) is 65.0 Å². The first kappa shape index (κ1) is 30.0. The van der Waals surface area contributed by atoms with Gasteiger partial charge in [-0.2, -0.15) is 4.31 Å². The van der Waals surface area contributed by atoms with Crippen molar-refractivity contribution >= 4 is 27.3 Å². The Bertz CT molecular complexity index is 1500. The summed E-state index contributed by atoms with van der Waals surface area (Å²) in [6.07, 6.45) is 5.99. The predicted molar refractivity (Wildman–Crippen MR) is 154 cm³/mol. The van der Waals surface area contributed by atoms with E-state index < -0.39 is 15.6 Å². The van der Waals surface area contributed by atoms with Crippen LogP contribution in [0, 0.1) is 5.92 Å². The van der Waals surface area contributed by atoms with Gasteiger partial charge in [-0.1, -0.05) is 20.3 Å². The summed E-state index contributed by atoms with van der Waals surface area (Å²) >= 11 is 0. The maximum atomic E-state index is 13.7. The second kappa shape index (κ2) is 13.1. The van der Waals surface area contributed by atoms with Crippen molar-refractivity contribution in [3.05, 3.63) is 39.8 Å². The number of aliphatic hydroxyl groups excluding tert-OH is 1. The Balaban J connectivity index is 1.80. The highest BCUT2D eigenvalue weighted by molar-refractivity contribution is 7.89. The minimum absolute atomic E-state index is 0.108. The van der Waals surface area contributed by atoms with E-state index in [9.17, 15) is 18.0 Å². The maximum Gasteiger partial charge on any atom is 0.275 e. The summed E-state index contributed by atoms with van der Waals surface area (Å²) in [6.45, 7) is 7.68. The SMILES string of the molecule is CCCOc1ccc(S(=O)(=O)N2CCC(CCCO)CC2)cc1-c1nc2c(CCC)c(C=O)n(CC)c2c(=O)[nH]1. The topological polar surface area (TPSA) is 135 Å². The number of nitrogens with one attached hydrogen (secondary N) is 1. The van der Waals surface area contributed by atoms with E-state index in [-0.39, 0.29) is 17.3 Å². The first-order valence-corrected chi connectivity index (χ1v) is 15.7. The molecule has 0 atom stereocenters. The summed E-state index contributed by atoms with van der Waals surface area (Å²) in [5, 5.41) is 9.12. The number of aromatic nitrogens is 3. The molecule has 2 N–H and O–H groups in total. The van der Waals surface area contributed by atoms with Crippen molar-refractivity contribution in [1.29, 1.82) is 0 Å². The largest absolute Gasteiger partial charge is 0.493 e. The number of hydrogen-bond donors (Lipinski definition) is 2. The summed E-state index contributed by atoms with van der Waals surface area (Å²) < 4.78 is 36.5. The number of H-pyrrole nitrogens is 1. The molecule has 2 aromatic heterocycles. The Morgan fingerprint density at radius 2 is 1.93 bits per heavy atom. The van der Waals surface area contributed by atoms with Crippen LogP contribution in [0.3, 0.4) is 0 Å². The molecule has 1 aliphatic heterocycles. The number of benzene rings is 1. The summed E-state index contributed by atoms with van der Waals surface area (Å²) in [5.41, 5.74) is 1.92. The van der Waals surface area contributed by atoms with Gasteiger partial charge in [-0.15, -0.1) is 0 Å². The van der Waals surface area contributed by atoms with Gasteiger partial charge in [-0.25, -0.2) is 13.4 Å². The number of piperidine rings is 1. The smallest absolute Gasteiger partial charge is 0.275 e. The van der Waals surface area contributed by atoms with E-state index in [1.807, 2.05) is 20.8 Å². The molecule has 1 aromatic carbocycles. The molecule has 218 valence electrons. The predicted octanol–water partition coefficient (Wildman–Crippen LogP) is 4.14. The third-order valence-electron chi connectivity index (χ3n) is 7.63. The van der Waals surface area contributed by atoms with E-state index in [4.69, 9.17) is 14.8 Å². The third-order valence-corrected chi connectivity index (χ3v) is 9.52. The van der Waals surface area contributed by atoms with Crippen LogP contribution in [0.5, 0.6) is 5.75 Å². The van der Waals surface area contributed by atoms with E-state index in [0.29, 0.717) is 72.2 Å². The Morgan fingerprint density at radius 1 is 1.18 bits per heavy atom. The molecular weight excluding hydrogens is 532 g/mol. The first-order chi connectivity index (χ1) is 19.3. The lowest BCUT2D eigenvalue weighted by Gasteiger charge is -2.31.